The normalized spacial score (nSPS) is 29.4. The van der Waals surface area contributed by atoms with Crippen molar-refractivity contribution >= 4 is 15.9 Å². The Morgan fingerprint density at radius 2 is 2.10 bits per heavy atom. The van der Waals surface area contributed by atoms with Gasteiger partial charge in [-0.3, -0.25) is 4.79 Å². The van der Waals surface area contributed by atoms with Crippen LogP contribution >= 0.6 is 0 Å². The molecule has 2 saturated heterocycles. The fourth-order valence-corrected chi connectivity index (χ4v) is 4.37. The summed E-state index contributed by atoms with van der Waals surface area (Å²) in [4.78, 5) is 13.8. The van der Waals surface area contributed by atoms with Gasteiger partial charge in [-0.25, -0.2) is 8.42 Å². The van der Waals surface area contributed by atoms with E-state index in [1.54, 1.807) is 12.0 Å². The zero-order chi connectivity index (χ0) is 15.6. The number of amides is 1. The van der Waals surface area contributed by atoms with Gasteiger partial charge in [0.05, 0.1) is 31.1 Å². The second-order valence-electron chi connectivity index (χ2n) is 5.79. The standard InChI is InChI=1S/C13H24N2O5S/c1-10(2)13(16)14-8-11-12(9-14)20-6-7-21(17,18)15(11)4-5-19-3/h10-12H,4-9H2,1-3H3/t11-,12+/m1/s1. The van der Waals surface area contributed by atoms with E-state index in [0.29, 0.717) is 26.2 Å². The summed E-state index contributed by atoms with van der Waals surface area (Å²) in [5.41, 5.74) is 0. The Kier molecular flexibility index (Phi) is 5.24. The van der Waals surface area contributed by atoms with Crippen molar-refractivity contribution < 1.29 is 22.7 Å². The van der Waals surface area contributed by atoms with Crippen LogP contribution in [0.1, 0.15) is 13.8 Å². The maximum atomic E-state index is 12.3. The first kappa shape index (κ1) is 16.7. The summed E-state index contributed by atoms with van der Waals surface area (Å²) in [7, 11) is -1.82. The lowest BCUT2D eigenvalue weighted by molar-refractivity contribution is -0.133. The van der Waals surface area contributed by atoms with Crippen molar-refractivity contribution in [1.82, 2.24) is 9.21 Å². The van der Waals surface area contributed by atoms with Gasteiger partial charge in [-0.05, 0) is 0 Å². The van der Waals surface area contributed by atoms with Gasteiger partial charge in [0.2, 0.25) is 15.9 Å². The van der Waals surface area contributed by atoms with E-state index in [2.05, 4.69) is 0 Å². The molecular formula is C13H24N2O5S. The molecule has 2 atom stereocenters. The van der Waals surface area contributed by atoms with Crippen molar-refractivity contribution in [2.45, 2.75) is 26.0 Å². The summed E-state index contributed by atoms with van der Waals surface area (Å²) < 4.78 is 36.8. The number of methoxy groups -OCH3 is 1. The van der Waals surface area contributed by atoms with Crippen LogP contribution in [0.15, 0.2) is 0 Å². The van der Waals surface area contributed by atoms with Crippen LogP contribution in [0.5, 0.6) is 0 Å². The Balaban J connectivity index is 2.19. The van der Waals surface area contributed by atoms with Gasteiger partial charge in [0, 0.05) is 32.7 Å². The molecule has 2 fully saturated rings. The quantitative estimate of drug-likeness (QED) is 0.700. The smallest absolute Gasteiger partial charge is 0.225 e. The molecule has 0 aromatic carbocycles. The Hall–Kier alpha value is -0.700. The van der Waals surface area contributed by atoms with E-state index in [1.807, 2.05) is 13.8 Å². The molecule has 0 N–H and O–H groups in total. The SMILES string of the molecule is COCCN1[C@@H]2CN(C(=O)C(C)C)C[C@@H]2OCCS1(=O)=O. The number of carbonyl (C=O) groups excluding carboxylic acids is 1. The number of nitrogens with zero attached hydrogens (tertiary/aromatic N) is 2. The van der Waals surface area contributed by atoms with Gasteiger partial charge < -0.3 is 14.4 Å². The molecule has 0 aromatic heterocycles. The summed E-state index contributed by atoms with van der Waals surface area (Å²) in [5.74, 6) is -0.0749. The molecular weight excluding hydrogens is 296 g/mol. The lowest BCUT2D eigenvalue weighted by Gasteiger charge is -2.27. The van der Waals surface area contributed by atoms with E-state index in [0.717, 1.165) is 0 Å². The summed E-state index contributed by atoms with van der Waals surface area (Å²) in [6, 6.07) is -0.310. The number of ether oxygens (including phenoxy) is 2. The second-order valence-corrected chi connectivity index (χ2v) is 7.84. The van der Waals surface area contributed by atoms with Crippen LogP contribution in [0.2, 0.25) is 0 Å². The first-order valence-electron chi connectivity index (χ1n) is 7.25. The lowest BCUT2D eigenvalue weighted by atomic mass is 10.2. The Morgan fingerprint density at radius 1 is 1.38 bits per heavy atom. The van der Waals surface area contributed by atoms with Crippen LogP contribution in [0, 0.1) is 5.92 Å². The largest absolute Gasteiger partial charge is 0.383 e. The molecule has 1 amide bonds. The number of carbonyl (C=O) groups is 1. The minimum Gasteiger partial charge on any atom is -0.383 e. The van der Waals surface area contributed by atoms with Crippen molar-refractivity contribution in [3.8, 4) is 0 Å². The van der Waals surface area contributed by atoms with Gasteiger partial charge in [0.25, 0.3) is 0 Å². The molecule has 2 heterocycles. The number of hydrogen-bond donors (Lipinski definition) is 0. The predicted molar refractivity (Wildman–Crippen MR) is 77.3 cm³/mol. The van der Waals surface area contributed by atoms with Crippen molar-refractivity contribution in [2.24, 2.45) is 5.92 Å². The van der Waals surface area contributed by atoms with Gasteiger partial charge in [-0.15, -0.1) is 0 Å². The maximum Gasteiger partial charge on any atom is 0.225 e. The van der Waals surface area contributed by atoms with E-state index in [4.69, 9.17) is 9.47 Å². The van der Waals surface area contributed by atoms with Gasteiger partial charge in [-0.2, -0.15) is 4.31 Å². The van der Waals surface area contributed by atoms with E-state index < -0.39 is 10.0 Å². The molecule has 2 rings (SSSR count). The molecule has 2 aliphatic rings. The molecule has 0 saturated carbocycles. The number of likely N-dealkylation sites (tertiary alicyclic amines) is 1. The molecule has 0 unspecified atom stereocenters. The summed E-state index contributed by atoms with van der Waals surface area (Å²) in [6.07, 6.45) is -0.248. The summed E-state index contributed by atoms with van der Waals surface area (Å²) >= 11 is 0. The average Bonchev–Trinajstić information content (AvgIpc) is 2.77. The van der Waals surface area contributed by atoms with Crippen molar-refractivity contribution in [3.05, 3.63) is 0 Å². The zero-order valence-electron chi connectivity index (χ0n) is 12.8. The molecule has 0 bridgehead atoms. The van der Waals surface area contributed by atoms with E-state index in [1.165, 1.54) is 4.31 Å². The van der Waals surface area contributed by atoms with Crippen molar-refractivity contribution in [3.63, 3.8) is 0 Å². The molecule has 2 aliphatic heterocycles. The highest BCUT2D eigenvalue weighted by Gasteiger charge is 2.45. The Morgan fingerprint density at radius 3 is 2.71 bits per heavy atom. The predicted octanol–water partition coefficient (Wildman–Crippen LogP) is -0.470. The third-order valence-corrected chi connectivity index (χ3v) is 5.81. The first-order chi connectivity index (χ1) is 9.86. The molecule has 0 aliphatic carbocycles. The molecule has 0 spiro atoms. The third kappa shape index (κ3) is 3.56. The highest BCUT2D eigenvalue weighted by Crippen LogP contribution is 2.25. The number of sulfonamides is 1. The molecule has 7 nitrogen and oxygen atoms in total. The zero-order valence-corrected chi connectivity index (χ0v) is 13.6. The monoisotopic (exact) mass is 320 g/mol. The molecule has 8 heteroatoms. The van der Waals surface area contributed by atoms with Crippen LogP contribution in [-0.2, 0) is 24.3 Å². The summed E-state index contributed by atoms with van der Waals surface area (Å²) in [6.45, 7) is 5.35. The van der Waals surface area contributed by atoms with Crippen LogP contribution < -0.4 is 0 Å². The van der Waals surface area contributed by atoms with Gasteiger partial charge in [-0.1, -0.05) is 13.8 Å². The first-order valence-corrected chi connectivity index (χ1v) is 8.86. The van der Waals surface area contributed by atoms with Gasteiger partial charge in [0.1, 0.15) is 0 Å². The summed E-state index contributed by atoms with van der Waals surface area (Å²) in [5, 5.41) is 0. The minimum atomic E-state index is -3.37. The van der Waals surface area contributed by atoms with Crippen LogP contribution in [-0.4, -0.2) is 81.4 Å². The Bertz CT molecular complexity index is 479. The molecule has 0 aromatic rings. The highest BCUT2D eigenvalue weighted by molar-refractivity contribution is 7.89. The molecule has 0 radical (unpaired) electrons. The second kappa shape index (κ2) is 6.60. The average molecular weight is 320 g/mol. The van der Waals surface area contributed by atoms with Crippen LogP contribution in [0.3, 0.4) is 0 Å². The van der Waals surface area contributed by atoms with Gasteiger partial charge in [0.15, 0.2) is 0 Å². The number of fused-ring (bicyclic) bond motifs is 1. The highest BCUT2D eigenvalue weighted by atomic mass is 32.2. The van der Waals surface area contributed by atoms with E-state index >= 15 is 0 Å². The maximum absolute atomic E-state index is 12.3. The van der Waals surface area contributed by atoms with Crippen LogP contribution in [0.4, 0.5) is 0 Å². The molecule has 122 valence electrons. The topological polar surface area (TPSA) is 76.2 Å². The van der Waals surface area contributed by atoms with Gasteiger partial charge >= 0.3 is 0 Å². The van der Waals surface area contributed by atoms with Crippen molar-refractivity contribution in [2.75, 3.05) is 45.7 Å². The minimum absolute atomic E-state index is 0.0121. The van der Waals surface area contributed by atoms with Crippen LogP contribution in [0.25, 0.3) is 0 Å². The fourth-order valence-electron chi connectivity index (χ4n) is 2.86. The van der Waals surface area contributed by atoms with E-state index in [9.17, 15) is 13.2 Å². The number of rotatable bonds is 4. The fraction of sp³-hybridized carbons (Fsp3) is 0.923. The van der Waals surface area contributed by atoms with Crippen molar-refractivity contribution in [1.29, 1.82) is 0 Å². The molecule has 21 heavy (non-hydrogen) atoms. The van der Waals surface area contributed by atoms with E-state index in [-0.39, 0.29) is 36.3 Å². The Labute approximate surface area is 126 Å². The number of hydrogen-bond acceptors (Lipinski definition) is 5. The lowest BCUT2D eigenvalue weighted by Crippen LogP contribution is -2.47. The third-order valence-electron chi connectivity index (χ3n) is 3.96.